The summed E-state index contributed by atoms with van der Waals surface area (Å²) in [5.41, 5.74) is 2.10. The predicted octanol–water partition coefficient (Wildman–Crippen LogP) is 5.51. The van der Waals surface area contributed by atoms with Gasteiger partial charge in [-0.3, -0.25) is 9.52 Å². The van der Waals surface area contributed by atoms with Crippen LogP contribution in [0.1, 0.15) is 21.5 Å². The fourth-order valence-corrected chi connectivity index (χ4v) is 4.10. The van der Waals surface area contributed by atoms with Crippen LogP contribution in [0, 0.1) is 6.92 Å². The van der Waals surface area contributed by atoms with Gasteiger partial charge in [0.25, 0.3) is 15.9 Å². The molecule has 0 saturated heterocycles. The van der Waals surface area contributed by atoms with E-state index >= 15 is 0 Å². The van der Waals surface area contributed by atoms with Crippen molar-refractivity contribution in [2.45, 2.75) is 6.92 Å². The first kappa shape index (κ1) is 25.3. The van der Waals surface area contributed by atoms with Crippen molar-refractivity contribution in [1.29, 1.82) is 0 Å². The van der Waals surface area contributed by atoms with Gasteiger partial charge in [0.15, 0.2) is 6.61 Å². The third kappa shape index (κ3) is 7.08. The lowest BCUT2D eigenvalue weighted by Gasteiger charge is -2.11. The van der Waals surface area contributed by atoms with Crippen molar-refractivity contribution in [3.05, 3.63) is 98.9 Å². The molecule has 0 aliphatic carbocycles. The highest BCUT2D eigenvalue weighted by molar-refractivity contribution is 7.95. The van der Waals surface area contributed by atoms with Crippen LogP contribution in [0.2, 0.25) is 10.0 Å². The van der Waals surface area contributed by atoms with Gasteiger partial charge in [0.1, 0.15) is 0 Å². The smallest absolute Gasteiger partial charge is 0.338 e. The molecule has 0 radical (unpaired) electrons. The monoisotopic (exact) mass is 518 g/mol. The molecule has 10 heteroatoms. The third-order valence-electron chi connectivity index (χ3n) is 4.50. The third-order valence-corrected chi connectivity index (χ3v) is 6.32. The van der Waals surface area contributed by atoms with Crippen LogP contribution in [0.4, 0.5) is 11.4 Å². The maximum atomic E-state index is 12.2. The van der Waals surface area contributed by atoms with Gasteiger partial charge in [0.2, 0.25) is 0 Å². The highest BCUT2D eigenvalue weighted by Gasteiger charge is 2.15. The summed E-state index contributed by atoms with van der Waals surface area (Å²) in [6, 6.07) is 17.9. The minimum atomic E-state index is -3.75. The first-order valence-corrected chi connectivity index (χ1v) is 12.2. The highest BCUT2D eigenvalue weighted by atomic mass is 35.5. The van der Waals surface area contributed by atoms with Gasteiger partial charge in [-0.05, 0) is 54.5 Å². The Kier molecular flexibility index (Phi) is 8.33. The van der Waals surface area contributed by atoms with Crippen LogP contribution in [-0.2, 0) is 19.6 Å². The van der Waals surface area contributed by atoms with Gasteiger partial charge in [0, 0.05) is 5.69 Å². The van der Waals surface area contributed by atoms with Crippen LogP contribution in [0.5, 0.6) is 0 Å². The number of ether oxygens (including phenoxy) is 1. The maximum absolute atomic E-state index is 12.2. The van der Waals surface area contributed by atoms with E-state index in [1.54, 1.807) is 43.3 Å². The minimum absolute atomic E-state index is 0.141. The van der Waals surface area contributed by atoms with Gasteiger partial charge in [-0.1, -0.05) is 59.6 Å². The molecular weight excluding hydrogens is 499 g/mol. The number of esters is 1. The van der Waals surface area contributed by atoms with E-state index in [1.165, 1.54) is 30.3 Å². The molecule has 1 amide bonds. The van der Waals surface area contributed by atoms with Crippen LogP contribution in [0.25, 0.3) is 6.08 Å². The Morgan fingerprint density at radius 2 is 1.65 bits per heavy atom. The summed E-state index contributed by atoms with van der Waals surface area (Å²) in [4.78, 5) is 24.4. The number of hydrogen-bond donors (Lipinski definition) is 2. The van der Waals surface area contributed by atoms with E-state index in [1.807, 2.05) is 6.07 Å². The predicted molar refractivity (Wildman–Crippen MR) is 135 cm³/mol. The number of benzene rings is 3. The number of aryl methyl sites for hydroxylation is 1. The number of anilines is 2. The summed E-state index contributed by atoms with van der Waals surface area (Å²) in [6.07, 6.45) is 1.47. The average molecular weight is 519 g/mol. The molecule has 0 atom stereocenters. The van der Waals surface area contributed by atoms with Gasteiger partial charge < -0.3 is 10.1 Å². The summed E-state index contributed by atoms with van der Waals surface area (Å²) in [5.74, 6) is -1.37. The molecule has 0 aliphatic heterocycles. The summed E-state index contributed by atoms with van der Waals surface area (Å²) >= 11 is 12.2. The van der Waals surface area contributed by atoms with Gasteiger partial charge in [-0.15, -0.1) is 0 Å². The van der Waals surface area contributed by atoms with Crippen LogP contribution in [-0.4, -0.2) is 26.9 Å². The maximum Gasteiger partial charge on any atom is 0.338 e. The molecule has 3 rings (SSSR count). The molecule has 0 fully saturated rings. The minimum Gasteiger partial charge on any atom is -0.452 e. The van der Waals surface area contributed by atoms with Crippen LogP contribution in [0.15, 0.2) is 72.1 Å². The number of carbonyl (C=O) groups excluding carboxylic acids is 2. The van der Waals surface area contributed by atoms with E-state index in [2.05, 4.69) is 10.0 Å². The zero-order valence-corrected chi connectivity index (χ0v) is 20.2. The van der Waals surface area contributed by atoms with Crippen molar-refractivity contribution in [2.75, 3.05) is 16.6 Å². The number of nitrogens with one attached hydrogen (secondary N) is 2. The lowest BCUT2D eigenvalue weighted by atomic mass is 10.2. The van der Waals surface area contributed by atoms with Crippen molar-refractivity contribution >= 4 is 62.6 Å². The molecule has 176 valence electrons. The fourth-order valence-electron chi connectivity index (χ4n) is 2.77. The van der Waals surface area contributed by atoms with Crippen molar-refractivity contribution in [3.8, 4) is 0 Å². The Balaban J connectivity index is 1.55. The number of halogens is 2. The topological polar surface area (TPSA) is 102 Å². The normalized spacial score (nSPS) is 11.3. The standard InChI is InChI=1S/C24H20Cl2N2O5S/c1-16-7-12-20(25)23(22(16)26)27-21(29)15-33-24(30)18-8-10-19(11-9-18)28-34(31,32)14-13-17-5-3-2-4-6-17/h2-14,28H,15H2,1H3,(H,27,29)/b14-13+. The summed E-state index contributed by atoms with van der Waals surface area (Å²) in [7, 11) is -3.75. The Bertz CT molecular complexity index is 1330. The molecule has 0 aromatic heterocycles. The lowest BCUT2D eigenvalue weighted by Crippen LogP contribution is -2.21. The number of rotatable bonds is 8. The van der Waals surface area contributed by atoms with E-state index in [9.17, 15) is 18.0 Å². The Morgan fingerprint density at radius 3 is 2.32 bits per heavy atom. The van der Waals surface area contributed by atoms with E-state index < -0.39 is 28.5 Å². The Labute approximate surface area is 207 Å². The van der Waals surface area contributed by atoms with Gasteiger partial charge in [-0.25, -0.2) is 13.2 Å². The fraction of sp³-hybridized carbons (Fsp3) is 0.0833. The second-order valence-corrected chi connectivity index (χ2v) is 9.47. The second-order valence-electron chi connectivity index (χ2n) is 7.12. The molecule has 0 aliphatic rings. The molecule has 0 bridgehead atoms. The Morgan fingerprint density at radius 1 is 0.971 bits per heavy atom. The van der Waals surface area contributed by atoms with Crippen LogP contribution in [0.3, 0.4) is 0 Å². The largest absolute Gasteiger partial charge is 0.452 e. The van der Waals surface area contributed by atoms with Gasteiger partial charge in [0.05, 0.1) is 26.7 Å². The highest BCUT2D eigenvalue weighted by Crippen LogP contribution is 2.32. The number of amides is 1. The van der Waals surface area contributed by atoms with E-state index in [4.69, 9.17) is 27.9 Å². The van der Waals surface area contributed by atoms with E-state index in [-0.39, 0.29) is 22.0 Å². The summed E-state index contributed by atoms with van der Waals surface area (Å²) < 4.78 is 31.9. The molecule has 0 saturated carbocycles. The molecule has 0 heterocycles. The first-order chi connectivity index (χ1) is 16.1. The number of carbonyl (C=O) groups is 2. The van der Waals surface area contributed by atoms with Crippen LogP contribution >= 0.6 is 23.2 Å². The molecule has 34 heavy (non-hydrogen) atoms. The van der Waals surface area contributed by atoms with Gasteiger partial charge in [-0.2, -0.15) is 0 Å². The molecule has 3 aromatic carbocycles. The van der Waals surface area contributed by atoms with Gasteiger partial charge >= 0.3 is 5.97 Å². The second kappa shape index (κ2) is 11.2. The molecule has 0 unspecified atom stereocenters. The van der Waals surface area contributed by atoms with Crippen LogP contribution < -0.4 is 10.0 Å². The molecular formula is C24H20Cl2N2O5S. The Hall–Kier alpha value is -3.33. The van der Waals surface area contributed by atoms with E-state index in [0.29, 0.717) is 5.02 Å². The quantitative estimate of drug-likeness (QED) is 0.382. The zero-order chi connectivity index (χ0) is 24.7. The number of hydrogen-bond acceptors (Lipinski definition) is 5. The molecule has 7 nitrogen and oxygen atoms in total. The molecule has 2 N–H and O–H groups in total. The average Bonchev–Trinajstić information content (AvgIpc) is 2.82. The molecule has 3 aromatic rings. The van der Waals surface area contributed by atoms with Crippen molar-refractivity contribution in [3.63, 3.8) is 0 Å². The zero-order valence-electron chi connectivity index (χ0n) is 17.9. The first-order valence-electron chi connectivity index (χ1n) is 9.92. The van der Waals surface area contributed by atoms with E-state index in [0.717, 1.165) is 16.5 Å². The van der Waals surface area contributed by atoms with Crippen molar-refractivity contribution in [2.24, 2.45) is 0 Å². The molecule has 0 spiro atoms. The summed E-state index contributed by atoms with van der Waals surface area (Å²) in [5, 5.41) is 4.12. The SMILES string of the molecule is Cc1ccc(Cl)c(NC(=O)COC(=O)c2ccc(NS(=O)(=O)/C=C/c3ccccc3)cc2)c1Cl. The van der Waals surface area contributed by atoms with Crippen molar-refractivity contribution in [1.82, 2.24) is 0 Å². The van der Waals surface area contributed by atoms with Crippen molar-refractivity contribution < 1.29 is 22.7 Å². The number of sulfonamides is 1. The summed E-state index contributed by atoms with van der Waals surface area (Å²) in [6.45, 7) is 1.20. The lowest BCUT2D eigenvalue weighted by molar-refractivity contribution is -0.119.